The summed E-state index contributed by atoms with van der Waals surface area (Å²) in [5.74, 6) is 0.193. The van der Waals surface area contributed by atoms with Crippen molar-refractivity contribution in [3.05, 3.63) is 77.7 Å². The highest BCUT2D eigenvalue weighted by Gasteiger charge is 2.20. The fraction of sp³-hybridized carbons (Fsp3) is 0.150. The van der Waals surface area contributed by atoms with E-state index >= 15 is 0 Å². The molecule has 0 saturated carbocycles. The van der Waals surface area contributed by atoms with E-state index in [1.165, 1.54) is 24.5 Å². The Balaban J connectivity index is 1.50. The van der Waals surface area contributed by atoms with Gasteiger partial charge in [0.25, 0.3) is 5.91 Å². The van der Waals surface area contributed by atoms with E-state index in [1.807, 2.05) is 13.8 Å². The minimum Gasteiger partial charge on any atom is -0.461 e. The predicted octanol–water partition coefficient (Wildman–Crippen LogP) is 4.06. The molecule has 0 bridgehead atoms. The smallest absolute Gasteiger partial charge is 0.273 e. The molecule has 0 spiro atoms. The Morgan fingerprint density at radius 2 is 2.00 bits per heavy atom. The van der Waals surface area contributed by atoms with Gasteiger partial charge in [0.2, 0.25) is 5.76 Å². The van der Waals surface area contributed by atoms with Crippen molar-refractivity contribution in [2.45, 2.75) is 19.9 Å². The van der Waals surface area contributed by atoms with Crippen molar-refractivity contribution in [2.24, 2.45) is 0 Å². The lowest BCUT2D eigenvalue weighted by molar-refractivity contribution is 0.0930. The number of nitrogens with zero attached hydrogens (tertiary/aromatic N) is 3. The third-order valence-electron chi connectivity index (χ3n) is 4.44. The van der Waals surface area contributed by atoms with Crippen molar-refractivity contribution >= 4 is 5.91 Å². The number of furan rings is 1. The molecule has 1 N–H and O–H groups in total. The number of hydrogen-bond acceptors (Lipinski definition) is 5. The molecule has 1 aromatic carbocycles. The normalized spacial score (nSPS) is 12.1. The molecule has 0 aliphatic carbocycles. The van der Waals surface area contributed by atoms with Gasteiger partial charge in [-0.3, -0.25) is 4.79 Å². The summed E-state index contributed by atoms with van der Waals surface area (Å²) in [5, 5.41) is 11.0. The summed E-state index contributed by atoms with van der Waals surface area (Å²) in [7, 11) is 0. The van der Waals surface area contributed by atoms with Gasteiger partial charge in [0.05, 0.1) is 24.2 Å². The monoisotopic (exact) mass is 380 g/mol. The maximum Gasteiger partial charge on any atom is 0.273 e. The zero-order valence-corrected chi connectivity index (χ0v) is 15.2. The number of benzene rings is 1. The van der Waals surface area contributed by atoms with Crippen LogP contribution in [0.2, 0.25) is 0 Å². The summed E-state index contributed by atoms with van der Waals surface area (Å²) in [5.41, 5.74) is 2.58. The average molecular weight is 380 g/mol. The molecule has 3 heterocycles. The highest BCUT2D eigenvalue weighted by Crippen LogP contribution is 2.23. The number of amides is 1. The van der Waals surface area contributed by atoms with E-state index in [1.54, 1.807) is 35.1 Å². The van der Waals surface area contributed by atoms with Gasteiger partial charge < -0.3 is 14.3 Å². The fourth-order valence-corrected chi connectivity index (χ4v) is 2.96. The Morgan fingerprint density at radius 1 is 1.21 bits per heavy atom. The van der Waals surface area contributed by atoms with Gasteiger partial charge in [-0.05, 0) is 50.2 Å². The Kier molecular flexibility index (Phi) is 4.52. The second kappa shape index (κ2) is 7.15. The van der Waals surface area contributed by atoms with Crippen molar-refractivity contribution < 1.29 is 18.1 Å². The van der Waals surface area contributed by atoms with Crippen LogP contribution in [-0.4, -0.2) is 20.8 Å². The molecule has 28 heavy (non-hydrogen) atoms. The summed E-state index contributed by atoms with van der Waals surface area (Å²) in [6.45, 7) is 3.74. The molecule has 1 amide bonds. The van der Waals surface area contributed by atoms with Crippen molar-refractivity contribution in [2.75, 3.05) is 0 Å². The topological polar surface area (TPSA) is 86.1 Å². The number of carbonyl (C=O) groups is 1. The third-order valence-corrected chi connectivity index (χ3v) is 4.44. The summed E-state index contributed by atoms with van der Waals surface area (Å²) in [6.07, 6.45) is 3.20. The van der Waals surface area contributed by atoms with Crippen LogP contribution in [0, 0.1) is 12.7 Å². The first-order valence-electron chi connectivity index (χ1n) is 8.65. The molecule has 8 heteroatoms. The molecular formula is C20H17FN4O3. The lowest BCUT2D eigenvalue weighted by Crippen LogP contribution is -2.27. The fourth-order valence-electron chi connectivity index (χ4n) is 2.96. The summed E-state index contributed by atoms with van der Waals surface area (Å²) in [4.78, 5) is 12.5. The van der Waals surface area contributed by atoms with E-state index in [-0.39, 0.29) is 23.5 Å². The Hall–Kier alpha value is -3.68. The van der Waals surface area contributed by atoms with Gasteiger partial charge in [-0.2, -0.15) is 5.10 Å². The van der Waals surface area contributed by atoms with Crippen LogP contribution < -0.4 is 5.32 Å². The largest absolute Gasteiger partial charge is 0.461 e. The molecule has 1 atom stereocenters. The van der Waals surface area contributed by atoms with Crippen LogP contribution in [0.4, 0.5) is 4.39 Å². The molecule has 0 aliphatic heterocycles. The number of nitrogens with one attached hydrogen (secondary N) is 1. The highest BCUT2D eigenvalue weighted by atomic mass is 19.1. The van der Waals surface area contributed by atoms with Crippen LogP contribution in [0.5, 0.6) is 0 Å². The molecule has 3 aromatic heterocycles. The third kappa shape index (κ3) is 3.32. The van der Waals surface area contributed by atoms with Crippen LogP contribution in [0.15, 0.2) is 63.9 Å². The van der Waals surface area contributed by atoms with E-state index in [4.69, 9.17) is 8.94 Å². The molecule has 4 aromatic rings. The average Bonchev–Trinajstić information content (AvgIpc) is 3.43. The van der Waals surface area contributed by atoms with Crippen LogP contribution in [-0.2, 0) is 0 Å². The van der Waals surface area contributed by atoms with Crippen molar-refractivity contribution in [1.29, 1.82) is 0 Å². The minimum absolute atomic E-state index is 0.154. The first-order chi connectivity index (χ1) is 13.5. The molecular weight excluding hydrogens is 363 g/mol. The second-order valence-electron chi connectivity index (χ2n) is 6.32. The van der Waals surface area contributed by atoms with E-state index < -0.39 is 0 Å². The number of rotatable bonds is 5. The second-order valence-corrected chi connectivity index (χ2v) is 6.32. The maximum atomic E-state index is 13.1. The van der Waals surface area contributed by atoms with Gasteiger partial charge in [-0.1, -0.05) is 5.16 Å². The molecule has 142 valence electrons. The summed E-state index contributed by atoms with van der Waals surface area (Å²) in [6, 6.07) is 10.7. The van der Waals surface area contributed by atoms with E-state index in [9.17, 15) is 9.18 Å². The highest BCUT2D eigenvalue weighted by molar-refractivity contribution is 5.93. The predicted molar refractivity (Wildman–Crippen MR) is 98.3 cm³/mol. The minimum atomic E-state index is -0.372. The van der Waals surface area contributed by atoms with Crippen molar-refractivity contribution in [3.8, 4) is 17.2 Å². The Bertz CT molecular complexity index is 1100. The maximum absolute atomic E-state index is 13.1. The molecule has 4 rings (SSSR count). The van der Waals surface area contributed by atoms with Gasteiger partial charge >= 0.3 is 0 Å². The summed E-state index contributed by atoms with van der Waals surface area (Å²) < 4.78 is 25.2. The van der Waals surface area contributed by atoms with Gasteiger partial charge in [0.15, 0.2) is 11.5 Å². The van der Waals surface area contributed by atoms with Crippen molar-refractivity contribution in [3.63, 3.8) is 0 Å². The standard InChI is InChI=1S/C20H17FN4O3/c1-12(16-11-22-25(13(16)2)15-7-5-14(21)6-8-15)23-20(26)17-10-19(28-24-17)18-4-3-9-27-18/h3-12H,1-2H3,(H,23,26)/t12-/m0/s1. The van der Waals surface area contributed by atoms with Crippen LogP contribution >= 0.6 is 0 Å². The molecule has 7 nitrogen and oxygen atoms in total. The first kappa shape index (κ1) is 17.7. The van der Waals surface area contributed by atoms with Crippen LogP contribution in [0.3, 0.4) is 0 Å². The first-order valence-corrected chi connectivity index (χ1v) is 8.65. The molecule has 0 radical (unpaired) electrons. The zero-order valence-electron chi connectivity index (χ0n) is 15.2. The van der Waals surface area contributed by atoms with Gasteiger partial charge in [-0.25, -0.2) is 9.07 Å². The number of halogens is 1. The van der Waals surface area contributed by atoms with E-state index in [0.717, 1.165) is 16.9 Å². The Labute approximate surface area is 159 Å². The van der Waals surface area contributed by atoms with Crippen LogP contribution in [0.1, 0.15) is 34.7 Å². The zero-order chi connectivity index (χ0) is 19.7. The lowest BCUT2D eigenvalue weighted by atomic mass is 10.1. The lowest BCUT2D eigenvalue weighted by Gasteiger charge is -2.13. The van der Waals surface area contributed by atoms with Crippen LogP contribution in [0.25, 0.3) is 17.2 Å². The number of aromatic nitrogens is 3. The van der Waals surface area contributed by atoms with E-state index in [2.05, 4.69) is 15.6 Å². The quantitative estimate of drug-likeness (QED) is 0.564. The van der Waals surface area contributed by atoms with Gasteiger partial charge in [0.1, 0.15) is 5.82 Å². The number of carbonyl (C=O) groups excluding carboxylic acids is 1. The van der Waals surface area contributed by atoms with Gasteiger partial charge in [-0.15, -0.1) is 0 Å². The van der Waals surface area contributed by atoms with Crippen molar-refractivity contribution in [1.82, 2.24) is 20.3 Å². The number of hydrogen-bond donors (Lipinski definition) is 1. The molecule has 0 fully saturated rings. The molecule has 0 aliphatic rings. The molecule has 0 unspecified atom stereocenters. The van der Waals surface area contributed by atoms with E-state index in [0.29, 0.717) is 11.5 Å². The Morgan fingerprint density at radius 3 is 2.71 bits per heavy atom. The SMILES string of the molecule is Cc1c([C@H](C)NC(=O)c2cc(-c3ccco3)on2)cnn1-c1ccc(F)cc1. The van der Waals surface area contributed by atoms with Gasteiger partial charge in [0, 0.05) is 17.3 Å². The summed E-state index contributed by atoms with van der Waals surface area (Å²) >= 11 is 0. The molecule has 0 saturated heterocycles.